The van der Waals surface area contributed by atoms with Gasteiger partial charge < -0.3 is 10.2 Å². The molecule has 0 aliphatic heterocycles. The summed E-state index contributed by atoms with van der Waals surface area (Å²) in [5.41, 5.74) is 1.24. The van der Waals surface area contributed by atoms with Crippen molar-refractivity contribution in [2.45, 2.75) is 70.4 Å². The van der Waals surface area contributed by atoms with Crippen molar-refractivity contribution >= 4 is 0 Å². The molecule has 0 radical (unpaired) electrons. The predicted molar refractivity (Wildman–Crippen MR) is 105 cm³/mol. The van der Waals surface area contributed by atoms with Crippen molar-refractivity contribution in [1.82, 2.24) is 4.90 Å². The SMILES string of the molecule is C=CCN(CCCC(O)C1CCCCC1)C(C)Cc1ccc(O)cc1. The number of phenolic OH excluding ortho intramolecular Hbond substituents is 1. The Morgan fingerprint density at radius 2 is 1.88 bits per heavy atom. The third-order valence-electron chi connectivity index (χ3n) is 5.59. The Kier molecular flexibility index (Phi) is 8.50. The molecule has 3 heteroatoms. The minimum absolute atomic E-state index is 0.127. The molecule has 3 nitrogen and oxygen atoms in total. The molecule has 1 aliphatic rings. The highest BCUT2D eigenvalue weighted by atomic mass is 16.3. The van der Waals surface area contributed by atoms with E-state index in [1.54, 1.807) is 12.1 Å². The molecule has 1 saturated carbocycles. The second kappa shape index (κ2) is 10.6. The Morgan fingerprint density at radius 3 is 2.52 bits per heavy atom. The summed E-state index contributed by atoms with van der Waals surface area (Å²) in [6, 6.07) is 7.89. The van der Waals surface area contributed by atoms with Crippen LogP contribution in [0.15, 0.2) is 36.9 Å². The van der Waals surface area contributed by atoms with E-state index in [4.69, 9.17) is 0 Å². The number of rotatable bonds is 10. The van der Waals surface area contributed by atoms with Crippen LogP contribution >= 0.6 is 0 Å². The number of aliphatic hydroxyl groups is 1. The van der Waals surface area contributed by atoms with Gasteiger partial charge in [0, 0.05) is 12.6 Å². The summed E-state index contributed by atoms with van der Waals surface area (Å²) < 4.78 is 0. The first-order valence-corrected chi connectivity index (χ1v) is 9.91. The Morgan fingerprint density at radius 1 is 1.20 bits per heavy atom. The summed E-state index contributed by atoms with van der Waals surface area (Å²) in [5, 5.41) is 19.9. The van der Waals surface area contributed by atoms with E-state index >= 15 is 0 Å². The summed E-state index contributed by atoms with van der Waals surface area (Å²) in [7, 11) is 0. The van der Waals surface area contributed by atoms with Crippen LogP contribution < -0.4 is 0 Å². The molecule has 2 atom stereocenters. The maximum Gasteiger partial charge on any atom is 0.115 e. The fourth-order valence-electron chi connectivity index (χ4n) is 4.02. The summed E-state index contributed by atoms with van der Waals surface area (Å²) in [4.78, 5) is 2.44. The van der Waals surface area contributed by atoms with Crippen molar-refractivity contribution in [3.63, 3.8) is 0 Å². The minimum atomic E-state index is -0.127. The summed E-state index contributed by atoms with van der Waals surface area (Å²) >= 11 is 0. The zero-order chi connectivity index (χ0) is 18.1. The van der Waals surface area contributed by atoms with Crippen molar-refractivity contribution in [2.75, 3.05) is 13.1 Å². The Bertz CT molecular complexity index is 493. The van der Waals surface area contributed by atoms with Crippen LogP contribution in [0, 0.1) is 5.92 Å². The van der Waals surface area contributed by atoms with Crippen molar-refractivity contribution in [2.24, 2.45) is 5.92 Å². The molecule has 2 N–H and O–H groups in total. The van der Waals surface area contributed by atoms with E-state index in [9.17, 15) is 10.2 Å². The number of nitrogens with zero attached hydrogens (tertiary/aromatic N) is 1. The highest BCUT2D eigenvalue weighted by Crippen LogP contribution is 2.28. The molecule has 0 bridgehead atoms. The Hall–Kier alpha value is -1.32. The van der Waals surface area contributed by atoms with Crippen molar-refractivity contribution in [1.29, 1.82) is 0 Å². The van der Waals surface area contributed by atoms with Crippen LogP contribution in [0.4, 0.5) is 0 Å². The first-order chi connectivity index (χ1) is 12.1. The lowest BCUT2D eigenvalue weighted by atomic mass is 9.84. The fourth-order valence-corrected chi connectivity index (χ4v) is 4.02. The lowest BCUT2D eigenvalue weighted by molar-refractivity contribution is 0.0711. The quantitative estimate of drug-likeness (QED) is 0.612. The summed E-state index contributed by atoms with van der Waals surface area (Å²) in [6.07, 6.45) is 11.1. The number of benzene rings is 1. The molecule has 1 fully saturated rings. The molecule has 0 amide bonds. The first-order valence-electron chi connectivity index (χ1n) is 9.91. The zero-order valence-corrected chi connectivity index (χ0v) is 15.7. The van der Waals surface area contributed by atoms with Gasteiger partial charge in [-0.15, -0.1) is 6.58 Å². The summed E-state index contributed by atoms with van der Waals surface area (Å²) in [5.74, 6) is 0.840. The largest absolute Gasteiger partial charge is 0.508 e. The van der Waals surface area contributed by atoms with Gasteiger partial charge in [0.1, 0.15) is 5.75 Å². The monoisotopic (exact) mass is 345 g/mol. The maximum absolute atomic E-state index is 10.5. The molecule has 0 spiro atoms. The molecule has 1 aliphatic carbocycles. The second-order valence-corrected chi connectivity index (χ2v) is 7.61. The number of aromatic hydroxyl groups is 1. The van der Waals surface area contributed by atoms with Crippen molar-refractivity contribution in [3.8, 4) is 5.75 Å². The van der Waals surface area contributed by atoms with E-state index in [1.165, 1.54) is 37.7 Å². The van der Waals surface area contributed by atoms with E-state index < -0.39 is 0 Å². The maximum atomic E-state index is 10.5. The van der Waals surface area contributed by atoms with E-state index in [0.717, 1.165) is 32.4 Å². The van der Waals surface area contributed by atoms with Crippen LogP contribution in [0.3, 0.4) is 0 Å². The molecule has 0 saturated heterocycles. The van der Waals surface area contributed by atoms with Gasteiger partial charge in [-0.05, 0) is 69.2 Å². The number of aliphatic hydroxyl groups excluding tert-OH is 1. The normalized spacial score (nSPS) is 18.2. The molecule has 1 aromatic carbocycles. The smallest absolute Gasteiger partial charge is 0.115 e. The van der Waals surface area contributed by atoms with Crippen LogP contribution in [-0.4, -0.2) is 40.3 Å². The van der Waals surface area contributed by atoms with Crippen LogP contribution in [0.25, 0.3) is 0 Å². The van der Waals surface area contributed by atoms with Gasteiger partial charge in [0.2, 0.25) is 0 Å². The third-order valence-corrected chi connectivity index (χ3v) is 5.59. The highest BCUT2D eigenvalue weighted by Gasteiger charge is 2.22. The van der Waals surface area contributed by atoms with Crippen LogP contribution in [0.2, 0.25) is 0 Å². The average molecular weight is 346 g/mol. The van der Waals surface area contributed by atoms with Gasteiger partial charge in [-0.3, -0.25) is 4.90 Å². The molecule has 2 unspecified atom stereocenters. The standard InChI is InChI=1S/C22H35NO2/c1-3-15-23(18(2)17-19-11-13-21(24)14-12-19)16-7-10-22(25)20-8-5-4-6-9-20/h3,11-14,18,20,22,24-25H,1,4-10,15-17H2,2H3. The number of hydrogen-bond acceptors (Lipinski definition) is 3. The second-order valence-electron chi connectivity index (χ2n) is 7.61. The van der Waals surface area contributed by atoms with Gasteiger partial charge >= 0.3 is 0 Å². The molecule has 2 rings (SSSR count). The van der Waals surface area contributed by atoms with Crippen LogP contribution in [-0.2, 0) is 6.42 Å². The predicted octanol–water partition coefficient (Wildman–Crippen LogP) is 4.53. The van der Waals surface area contributed by atoms with E-state index in [1.807, 2.05) is 18.2 Å². The minimum Gasteiger partial charge on any atom is -0.508 e. The molecular formula is C22H35NO2. The topological polar surface area (TPSA) is 43.7 Å². The first kappa shape index (κ1) is 20.0. The van der Waals surface area contributed by atoms with Gasteiger partial charge in [0.25, 0.3) is 0 Å². The molecule has 1 aromatic rings. The van der Waals surface area contributed by atoms with Gasteiger partial charge in [-0.2, -0.15) is 0 Å². The zero-order valence-electron chi connectivity index (χ0n) is 15.7. The van der Waals surface area contributed by atoms with Crippen LogP contribution in [0.1, 0.15) is 57.4 Å². The number of phenols is 1. The van der Waals surface area contributed by atoms with Gasteiger partial charge in [0.05, 0.1) is 6.10 Å². The van der Waals surface area contributed by atoms with Gasteiger partial charge in [0.15, 0.2) is 0 Å². The average Bonchev–Trinajstić information content (AvgIpc) is 2.63. The van der Waals surface area contributed by atoms with E-state index in [2.05, 4.69) is 18.4 Å². The fraction of sp³-hybridized carbons (Fsp3) is 0.636. The Labute approximate surface area is 153 Å². The van der Waals surface area contributed by atoms with E-state index in [0.29, 0.717) is 17.7 Å². The number of hydrogen-bond donors (Lipinski definition) is 2. The van der Waals surface area contributed by atoms with Gasteiger partial charge in [-0.25, -0.2) is 0 Å². The van der Waals surface area contributed by atoms with Crippen molar-refractivity contribution < 1.29 is 10.2 Å². The van der Waals surface area contributed by atoms with Crippen molar-refractivity contribution in [3.05, 3.63) is 42.5 Å². The van der Waals surface area contributed by atoms with Crippen LogP contribution in [0.5, 0.6) is 5.75 Å². The van der Waals surface area contributed by atoms with Gasteiger partial charge in [-0.1, -0.05) is 37.5 Å². The molecule has 140 valence electrons. The molecule has 0 aromatic heterocycles. The third kappa shape index (κ3) is 6.83. The van der Waals surface area contributed by atoms with E-state index in [-0.39, 0.29) is 6.10 Å². The highest BCUT2D eigenvalue weighted by molar-refractivity contribution is 5.26. The molecule has 0 heterocycles. The lowest BCUT2D eigenvalue weighted by Gasteiger charge is -2.30. The molecular weight excluding hydrogens is 310 g/mol. The summed E-state index contributed by atoms with van der Waals surface area (Å²) in [6.45, 7) is 8.01. The molecule has 25 heavy (non-hydrogen) atoms. The Balaban J connectivity index is 1.78. The lowest BCUT2D eigenvalue weighted by Crippen LogP contribution is -2.36.